The first-order chi connectivity index (χ1) is 32.0. The Labute approximate surface area is 400 Å². The molecule has 65 heavy (non-hydrogen) atoms. The smallest absolute Gasteiger partial charge is 0.306 e. The summed E-state index contributed by atoms with van der Waals surface area (Å²) in [7, 11) is 0. The predicted octanol–water partition coefficient (Wildman–Crippen LogP) is 17.5. The van der Waals surface area contributed by atoms with Crippen LogP contribution < -0.4 is 0 Å². The second kappa shape index (κ2) is 52.7. The lowest BCUT2D eigenvalue weighted by Crippen LogP contribution is -2.30. The topological polar surface area (TPSA) is 78.9 Å². The average molecular weight is 901 g/mol. The maximum Gasteiger partial charge on any atom is 0.306 e. The molecule has 0 aromatic carbocycles. The van der Waals surface area contributed by atoms with Crippen LogP contribution in [0.25, 0.3) is 0 Å². The molecular weight excluding hydrogens is 805 g/mol. The van der Waals surface area contributed by atoms with Crippen molar-refractivity contribution in [3.63, 3.8) is 0 Å². The van der Waals surface area contributed by atoms with E-state index in [0.717, 1.165) is 135 Å². The van der Waals surface area contributed by atoms with E-state index in [-0.39, 0.29) is 31.1 Å². The minimum absolute atomic E-state index is 0.111. The van der Waals surface area contributed by atoms with Crippen LogP contribution in [0.2, 0.25) is 0 Å². The molecule has 0 unspecified atom stereocenters. The van der Waals surface area contributed by atoms with E-state index in [1.54, 1.807) is 0 Å². The molecule has 0 aliphatic rings. The van der Waals surface area contributed by atoms with Gasteiger partial charge in [0.1, 0.15) is 13.2 Å². The number of hydrogen-bond acceptors (Lipinski definition) is 6. The fraction of sp³-hybridized carbons (Fsp3) is 0.644. The minimum atomic E-state index is -0.814. The Kier molecular flexibility index (Phi) is 49.5. The number of carbonyl (C=O) groups excluding carboxylic acids is 3. The summed E-state index contributed by atoms with van der Waals surface area (Å²) < 4.78 is 16.7. The van der Waals surface area contributed by atoms with E-state index in [1.807, 2.05) is 0 Å². The Morgan fingerprint density at radius 2 is 0.600 bits per heavy atom. The van der Waals surface area contributed by atoms with Crippen LogP contribution in [0, 0.1) is 0 Å². The molecule has 1 atom stereocenters. The number of esters is 3. The van der Waals surface area contributed by atoms with Crippen LogP contribution in [0.5, 0.6) is 0 Å². The number of rotatable bonds is 46. The van der Waals surface area contributed by atoms with Crippen molar-refractivity contribution >= 4 is 17.9 Å². The second-order valence-electron chi connectivity index (χ2n) is 17.0. The third-order valence-electron chi connectivity index (χ3n) is 10.7. The van der Waals surface area contributed by atoms with Crippen molar-refractivity contribution < 1.29 is 28.6 Å². The van der Waals surface area contributed by atoms with E-state index in [0.29, 0.717) is 19.3 Å². The first kappa shape index (κ1) is 61.1. The predicted molar refractivity (Wildman–Crippen MR) is 279 cm³/mol. The molecule has 0 saturated heterocycles. The molecule has 0 rings (SSSR count). The van der Waals surface area contributed by atoms with Crippen LogP contribution in [-0.2, 0) is 28.6 Å². The van der Waals surface area contributed by atoms with Crippen molar-refractivity contribution in [2.45, 2.75) is 232 Å². The SMILES string of the molecule is CC/C=C\C/C=C\C/C=C\CCCCCCCC(=O)O[C@@H](COC(=O)CCCC/C=C\C/C=C\C/C=C\CCCCC)COC(=O)CCCCCC/C=C\C/C=C\C/C=C\CCCCC. The van der Waals surface area contributed by atoms with Crippen LogP contribution in [0.3, 0.4) is 0 Å². The molecule has 0 N–H and O–H groups in total. The van der Waals surface area contributed by atoms with Crippen LogP contribution >= 0.6 is 0 Å². The second-order valence-corrected chi connectivity index (χ2v) is 17.0. The molecule has 0 aliphatic heterocycles. The molecule has 0 aromatic rings. The molecule has 0 spiro atoms. The Balaban J connectivity index is 4.53. The minimum Gasteiger partial charge on any atom is -0.462 e. The van der Waals surface area contributed by atoms with Crippen molar-refractivity contribution in [3.8, 4) is 0 Å². The highest BCUT2D eigenvalue weighted by atomic mass is 16.6. The third-order valence-corrected chi connectivity index (χ3v) is 10.7. The normalized spacial score (nSPS) is 13.0. The van der Waals surface area contributed by atoms with Gasteiger partial charge in [0.25, 0.3) is 0 Å². The summed E-state index contributed by atoms with van der Waals surface area (Å²) in [4.78, 5) is 38.0. The van der Waals surface area contributed by atoms with E-state index < -0.39 is 6.10 Å². The van der Waals surface area contributed by atoms with Gasteiger partial charge in [0.05, 0.1) is 0 Å². The molecule has 6 heteroatoms. The Morgan fingerprint density at radius 1 is 0.323 bits per heavy atom. The van der Waals surface area contributed by atoms with Crippen molar-refractivity contribution in [2.75, 3.05) is 13.2 Å². The van der Waals surface area contributed by atoms with E-state index in [2.05, 4.69) is 130 Å². The fourth-order valence-electron chi connectivity index (χ4n) is 6.76. The summed E-state index contributed by atoms with van der Waals surface area (Å²) in [5, 5.41) is 0. The van der Waals surface area contributed by atoms with Gasteiger partial charge >= 0.3 is 17.9 Å². The fourth-order valence-corrected chi connectivity index (χ4v) is 6.76. The Bertz CT molecular complexity index is 1360. The first-order valence-electron chi connectivity index (χ1n) is 26.4. The highest BCUT2D eigenvalue weighted by Gasteiger charge is 2.19. The lowest BCUT2D eigenvalue weighted by molar-refractivity contribution is -0.167. The molecular formula is C59H96O6. The molecule has 0 fully saturated rings. The number of allylic oxidation sites excluding steroid dienone is 18. The van der Waals surface area contributed by atoms with E-state index >= 15 is 0 Å². The summed E-state index contributed by atoms with van der Waals surface area (Å²) in [6.45, 7) is 6.39. The van der Waals surface area contributed by atoms with Crippen molar-refractivity contribution in [3.05, 3.63) is 109 Å². The first-order valence-corrected chi connectivity index (χ1v) is 26.4. The Hall–Kier alpha value is -3.93. The zero-order valence-corrected chi connectivity index (χ0v) is 42.0. The molecule has 0 aliphatic carbocycles. The van der Waals surface area contributed by atoms with Crippen molar-refractivity contribution in [1.82, 2.24) is 0 Å². The summed E-state index contributed by atoms with van der Waals surface area (Å²) in [5.41, 5.74) is 0. The molecule has 0 amide bonds. The van der Waals surface area contributed by atoms with Crippen LogP contribution in [0.1, 0.15) is 226 Å². The third kappa shape index (κ3) is 50.9. The van der Waals surface area contributed by atoms with Crippen LogP contribution in [-0.4, -0.2) is 37.2 Å². The van der Waals surface area contributed by atoms with E-state index in [1.165, 1.54) is 51.4 Å². The number of hydrogen-bond donors (Lipinski definition) is 0. The van der Waals surface area contributed by atoms with Gasteiger partial charge in [-0.2, -0.15) is 0 Å². The lowest BCUT2D eigenvalue weighted by Gasteiger charge is -2.18. The van der Waals surface area contributed by atoms with Gasteiger partial charge in [-0.3, -0.25) is 14.4 Å². The van der Waals surface area contributed by atoms with Gasteiger partial charge in [-0.15, -0.1) is 0 Å². The van der Waals surface area contributed by atoms with Crippen molar-refractivity contribution in [1.29, 1.82) is 0 Å². The maximum atomic E-state index is 12.8. The number of unbranched alkanes of at least 4 members (excludes halogenated alkanes) is 17. The quantitative estimate of drug-likeness (QED) is 0.0262. The van der Waals surface area contributed by atoms with Gasteiger partial charge in [-0.05, 0) is 128 Å². The molecule has 6 nitrogen and oxygen atoms in total. The Morgan fingerprint density at radius 3 is 0.969 bits per heavy atom. The van der Waals surface area contributed by atoms with Gasteiger partial charge < -0.3 is 14.2 Å². The van der Waals surface area contributed by atoms with Gasteiger partial charge in [-0.25, -0.2) is 0 Å². The van der Waals surface area contributed by atoms with Gasteiger partial charge in [0.15, 0.2) is 6.10 Å². The van der Waals surface area contributed by atoms with Gasteiger partial charge in [0, 0.05) is 19.3 Å². The van der Waals surface area contributed by atoms with Crippen LogP contribution in [0.4, 0.5) is 0 Å². The summed E-state index contributed by atoms with van der Waals surface area (Å²) in [6.07, 6.45) is 70.7. The highest BCUT2D eigenvalue weighted by molar-refractivity contribution is 5.71. The van der Waals surface area contributed by atoms with Gasteiger partial charge in [-0.1, -0.05) is 188 Å². The van der Waals surface area contributed by atoms with Gasteiger partial charge in [0.2, 0.25) is 0 Å². The average Bonchev–Trinajstić information content (AvgIpc) is 3.30. The monoisotopic (exact) mass is 901 g/mol. The molecule has 0 saturated carbocycles. The summed E-state index contributed by atoms with van der Waals surface area (Å²) >= 11 is 0. The van der Waals surface area contributed by atoms with Crippen LogP contribution in [0.15, 0.2) is 109 Å². The number of carbonyl (C=O) groups is 3. The molecule has 368 valence electrons. The molecule has 0 heterocycles. The van der Waals surface area contributed by atoms with Crippen molar-refractivity contribution in [2.24, 2.45) is 0 Å². The molecule has 0 aromatic heterocycles. The standard InChI is InChI=1S/C59H96O6/c1-4-7-10-13-16-19-22-25-28-29-32-34-37-40-43-46-49-52-58(61)64-55-56(65-59(62)53-50-47-44-41-38-35-31-27-24-21-18-15-12-9-6-3)54-63-57(60)51-48-45-42-39-36-33-30-26-23-20-17-14-11-8-5-2/h9,12,16-21,25-28,30-32,34,36,39,56H,4-8,10-11,13-15,22-24,29,33,35,37-38,40-55H2,1-3H3/b12-9-,19-16-,20-17-,21-18-,28-25-,30-26-,31-27-,34-32-,39-36-/t56-/m0/s1. The number of ether oxygens (including phenoxy) is 3. The lowest BCUT2D eigenvalue weighted by atomic mass is 10.1. The summed E-state index contributed by atoms with van der Waals surface area (Å²) in [6, 6.07) is 0. The summed E-state index contributed by atoms with van der Waals surface area (Å²) in [5.74, 6) is -0.992. The maximum absolute atomic E-state index is 12.8. The largest absolute Gasteiger partial charge is 0.462 e. The zero-order valence-electron chi connectivity index (χ0n) is 42.0. The van der Waals surface area contributed by atoms with E-state index in [4.69, 9.17) is 14.2 Å². The molecule has 0 radical (unpaired) electrons. The van der Waals surface area contributed by atoms with E-state index in [9.17, 15) is 14.4 Å². The zero-order chi connectivity index (χ0) is 47.2. The molecule has 0 bridgehead atoms. The highest BCUT2D eigenvalue weighted by Crippen LogP contribution is 2.12.